The maximum Gasteiger partial charge on any atom is 0.257 e. The van der Waals surface area contributed by atoms with Gasteiger partial charge in [0.1, 0.15) is 11.4 Å². The van der Waals surface area contributed by atoms with Crippen molar-refractivity contribution in [2.24, 2.45) is 5.41 Å². The Morgan fingerprint density at radius 2 is 2.11 bits per heavy atom. The fourth-order valence-corrected chi connectivity index (χ4v) is 2.15. The number of hydrogen-bond donors (Lipinski definition) is 3. The summed E-state index contributed by atoms with van der Waals surface area (Å²) in [6.45, 7) is 3.55. The molecule has 1 aromatic rings. The van der Waals surface area contributed by atoms with Gasteiger partial charge in [0.05, 0.1) is 11.8 Å². The van der Waals surface area contributed by atoms with Gasteiger partial charge in [-0.3, -0.25) is 4.79 Å². The van der Waals surface area contributed by atoms with Crippen LogP contribution in [0.25, 0.3) is 0 Å². The molecule has 2 unspecified atom stereocenters. The van der Waals surface area contributed by atoms with Gasteiger partial charge >= 0.3 is 0 Å². The largest absolute Gasteiger partial charge is 0.396 e. The van der Waals surface area contributed by atoms with Crippen LogP contribution in [-0.2, 0) is 0 Å². The lowest BCUT2D eigenvalue weighted by atomic mass is 9.64. The highest BCUT2D eigenvalue weighted by molar-refractivity contribution is 5.96. The third-order valence-corrected chi connectivity index (χ3v) is 3.87. The summed E-state index contributed by atoms with van der Waals surface area (Å²) in [5.41, 5.74) is 3.85. The molecular formula is C13H16F2N2O2. The lowest BCUT2D eigenvalue weighted by Gasteiger charge is -2.49. The van der Waals surface area contributed by atoms with Gasteiger partial charge in [-0.2, -0.15) is 0 Å². The Bertz CT molecular complexity index is 532. The summed E-state index contributed by atoms with van der Waals surface area (Å²) in [6, 6.07) is 1.70. The lowest BCUT2D eigenvalue weighted by Crippen LogP contribution is -2.61. The monoisotopic (exact) mass is 270 g/mol. The summed E-state index contributed by atoms with van der Waals surface area (Å²) >= 11 is 0. The van der Waals surface area contributed by atoms with E-state index in [4.69, 9.17) is 5.73 Å². The predicted molar refractivity (Wildman–Crippen MR) is 66.4 cm³/mol. The molecular weight excluding hydrogens is 254 g/mol. The Morgan fingerprint density at radius 3 is 2.63 bits per heavy atom. The van der Waals surface area contributed by atoms with Crippen LogP contribution >= 0.6 is 0 Å². The predicted octanol–water partition coefficient (Wildman–Crippen LogP) is 1.44. The second-order valence-corrected chi connectivity index (χ2v) is 5.42. The van der Waals surface area contributed by atoms with Crippen LogP contribution in [0, 0.1) is 17.0 Å². The first kappa shape index (κ1) is 13.7. The van der Waals surface area contributed by atoms with Crippen LogP contribution in [-0.4, -0.2) is 23.2 Å². The molecule has 104 valence electrons. The Kier molecular flexibility index (Phi) is 3.22. The zero-order valence-corrected chi connectivity index (χ0v) is 10.7. The molecule has 0 heterocycles. The molecule has 0 radical (unpaired) electrons. The number of halogens is 2. The first-order valence-corrected chi connectivity index (χ1v) is 5.97. The van der Waals surface area contributed by atoms with E-state index in [0.29, 0.717) is 6.42 Å². The molecule has 0 saturated heterocycles. The van der Waals surface area contributed by atoms with Crippen molar-refractivity contribution in [3.63, 3.8) is 0 Å². The molecule has 0 aliphatic heterocycles. The number of nitrogens with two attached hydrogens (primary N) is 1. The molecule has 19 heavy (non-hydrogen) atoms. The Hall–Kier alpha value is -1.69. The van der Waals surface area contributed by atoms with Gasteiger partial charge in [-0.15, -0.1) is 0 Å². The van der Waals surface area contributed by atoms with Gasteiger partial charge < -0.3 is 16.2 Å². The maximum absolute atomic E-state index is 13.7. The number of hydrogen-bond acceptors (Lipinski definition) is 3. The molecule has 1 amide bonds. The SMILES string of the molecule is CC1(C)C(O)CC1NC(=O)c1c(F)ccc(N)c1F. The van der Waals surface area contributed by atoms with Gasteiger partial charge in [0.2, 0.25) is 0 Å². The number of amides is 1. The van der Waals surface area contributed by atoms with Gasteiger partial charge in [0.25, 0.3) is 5.91 Å². The summed E-state index contributed by atoms with van der Waals surface area (Å²) in [5.74, 6) is -2.87. The van der Waals surface area contributed by atoms with E-state index in [2.05, 4.69) is 5.32 Å². The number of rotatable bonds is 2. The minimum Gasteiger partial charge on any atom is -0.396 e. The van der Waals surface area contributed by atoms with Gasteiger partial charge in [0.15, 0.2) is 5.82 Å². The maximum atomic E-state index is 13.7. The minimum absolute atomic E-state index is 0.278. The molecule has 1 fully saturated rings. The second kappa shape index (κ2) is 4.45. The molecule has 6 heteroatoms. The van der Waals surface area contributed by atoms with Gasteiger partial charge in [-0.1, -0.05) is 13.8 Å². The topological polar surface area (TPSA) is 75.3 Å². The molecule has 1 saturated carbocycles. The number of benzene rings is 1. The minimum atomic E-state index is -1.06. The molecule has 2 atom stereocenters. The Labute approximate surface area is 109 Å². The Balaban J connectivity index is 2.20. The van der Waals surface area contributed by atoms with E-state index in [0.717, 1.165) is 12.1 Å². The highest BCUT2D eigenvalue weighted by Gasteiger charge is 2.48. The van der Waals surface area contributed by atoms with Gasteiger partial charge in [-0.25, -0.2) is 8.78 Å². The zero-order valence-electron chi connectivity index (χ0n) is 10.7. The van der Waals surface area contributed by atoms with E-state index in [-0.39, 0.29) is 11.7 Å². The van der Waals surface area contributed by atoms with Crippen LogP contribution in [0.15, 0.2) is 12.1 Å². The summed E-state index contributed by atoms with van der Waals surface area (Å²) in [5, 5.41) is 12.1. The van der Waals surface area contributed by atoms with Crippen molar-refractivity contribution < 1.29 is 18.7 Å². The van der Waals surface area contributed by atoms with Gasteiger partial charge in [0, 0.05) is 11.5 Å². The van der Waals surface area contributed by atoms with Crippen LogP contribution in [0.2, 0.25) is 0 Å². The molecule has 4 nitrogen and oxygen atoms in total. The van der Waals surface area contributed by atoms with Crippen molar-refractivity contribution in [2.75, 3.05) is 5.73 Å². The van der Waals surface area contributed by atoms with Gasteiger partial charge in [-0.05, 0) is 18.6 Å². The van der Waals surface area contributed by atoms with Crippen LogP contribution in [0.4, 0.5) is 14.5 Å². The molecule has 1 aromatic carbocycles. The van der Waals surface area contributed by atoms with Crippen LogP contribution in [0.3, 0.4) is 0 Å². The van der Waals surface area contributed by atoms with Crippen LogP contribution < -0.4 is 11.1 Å². The fraction of sp³-hybridized carbons (Fsp3) is 0.462. The quantitative estimate of drug-likeness (QED) is 0.712. The van der Waals surface area contributed by atoms with E-state index < -0.39 is 34.6 Å². The van der Waals surface area contributed by atoms with Crippen molar-refractivity contribution in [3.8, 4) is 0 Å². The number of aliphatic hydroxyl groups is 1. The molecule has 2 rings (SSSR count). The van der Waals surface area contributed by atoms with Crippen molar-refractivity contribution in [2.45, 2.75) is 32.4 Å². The van der Waals surface area contributed by atoms with E-state index in [1.54, 1.807) is 13.8 Å². The number of carbonyl (C=O) groups is 1. The highest BCUT2D eigenvalue weighted by Crippen LogP contribution is 2.40. The molecule has 4 N–H and O–H groups in total. The van der Waals surface area contributed by atoms with Crippen molar-refractivity contribution in [1.29, 1.82) is 0 Å². The normalized spacial score (nSPS) is 24.7. The third-order valence-electron chi connectivity index (χ3n) is 3.87. The van der Waals surface area contributed by atoms with E-state index in [1.807, 2.05) is 0 Å². The standard InChI is InChI=1S/C13H16F2N2O2/c1-13(2)8(5-9(13)18)17-12(19)10-6(14)3-4-7(16)11(10)15/h3-4,8-9,18H,5,16H2,1-2H3,(H,17,19). The summed E-state index contributed by atoms with van der Waals surface area (Å²) < 4.78 is 27.2. The number of anilines is 1. The number of nitrogen functional groups attached to an aromatic ring is 1. The summed E-state index contributed by atoms with van der Waals surface area (Å²) in [7, 11) is 0. The molecule has 1 aliphatic carbocycles. The Morgan fingerprint density at radius 1 is 1.47 bits per heavy atom. The average molecular weight is 270 g/mol. The number of nitrogens with one attached hydrogen (secondary N) is 1. The van der Waals surface area contributed by atoms with Crippen LogP contribution in [0.5, 0.6) is 0 Å². The zero-order chi connectivity index (χ0) is 14.4. The second-order valence-electron chi connectivity index (χ2n) is 5.42. The highest BCUT2D eigenvalue weighted by atomic mass is 19.1. The average Bonchev–Trinajstić information content (AvgIpc) is 2.34. The van der Waals surface area contributed by atoms with E-state index >= 15 is 0 Å². The molecule has 0 bridgehead atoms. The van der Waals surface area contributed by atoms with Crippen molar-refractivity contribution in [3.05, 3.63) is 29.3 Å². The fourth-order valence-electron chi connectivity index (χ4n) is 2.15. The molecule has 0 aromatic heterocycles. The summed E-state index contributed by atoms with van der Waals surface area (Å²) in [6.07, 6.45) is -0.169. The third kappa shape index (κ3) is 2.16. The number of aliphatic hydroxyl groups excluding tert-OH is 1. The first-order valence-electron chi connectivity index (χ1n) is 5.97. The van der Waals surface area contributed by atoms with E-state index in [1.165, 1.54) is 0 Å². The van der Waals surface area contributed by atoms with Crippen molar-refractivity contribution >= 4 is 11.6 Å². The van der Waals surface area contributed by atoms with E-state index in [9.17, 15) is 18.7 Å². The molecule has 1 aliphatic rings. The first-order chi connectivity index (χ1) is 8.75. The van der Waals surface area contributed by atoms with Crippen LogP contribution in [0.1, 0.15) is 30.6 Å². The summed E-state index contributed by atoms with van der Waals surface area (Å²) in [4.78, 5) is 11.9. The smallest absolute Gasteiger partial charge is 0.257 e. The lowest BCUT2D eigenvalue weighted by molar-refractivity contribution is -0.0690. The molecule has 0 spiro atoms. The number of carbonyl (C=O) groups excluding carboxylic acids is 1. The van der Waals surface area contributed by atoms with Crippen molar-refractivity contribution in [1.82, 2.24) is 5.32 Å².